The van der Waals surface area contributed by atoms with E-state index in [9.17, 15) is 0 Å². The monoisotopic (exact) mass is 919 g/mol. The lowest BCUT2D eigenvalue weighted by atomic mass is 9.66. The van der Waals surface area contributed by atoms with Gasteiger partial charge in [-0.25, -0.2) is 0 Å². The first-order valence-corrected chi connectivity index (χ1v) is 25.8. The Balaban J connectivity index is 0.866. The molecule has 11 aromatic rings. The first-order valence-electron chi connectivity index (χ1n) is 25.8. The van der Waals surface area contributed by atoms with Crippen molar-refractivity contribution in [2.75, 3.05) is 4.90 Å². The topological polar surface area (TPSA) is 3.24 Å². The summed E-state index contributed by atoms with van der Waals surface area (Å²) < 4.78 is 0. The van der Waals surface area contributed by atoms with Crippen LogP contribution in [0.1, 0.15) is 36.8 Å². The normalized spacial score (nSPS) is 17.3. The van der Waals surface area contributed by atoms with E-state index in [1.165, 1.54) is 114 Å². The second-order valence-electron chi connectivity index (χ2n) is 20.4. The standard InChI is InChI=1S/C71H53N/c1-2-15-52(16-3-1)61-20-6-7-21-62(61)63-22-8-9-23-64(63)67-25-11-13-28-70(67)72(57-40-34-50(35-41-57)49-30-32-54(33-31-49)60-26-14-18-53-17-4-5-19-59(53)60)58-42-36-51(37-43-58)55-38-44-66-65-24-10-12-27-68(65)71(69(66)46-55)47-48-29-39-56(71)45-48/h1-28,30-38,40-44,46,48,56H,29,39,45,47H2. The molecule has 2 saturated carbocycles. The molecule has 14 rings (SSSR count). The number of nitrogens with zero attached hydrogens (tertiary/aromatic N) is 1. The molecule has 0 aliphatic heterocycles. The third-order valence-corrected chi connectivity index (χ3v) is 16.6. The lowest BCUT2D eigenvalue weighted by Crippen LogP contribution is -2.31. The van der Waals surface area contributed by atoms with Gasteiger partial charge in [0.15, 0.2) is 0 Å². The molecule has 2 bridgehead atoms. The average Bonchev–Trinajstić information content (AvgIpc) is 4.16. The van der Waals surface area contributed by atoms with Crippen LogP contribution in [-0.2, 0) is 5.41 Å². The molecule has 0 N–H and O–H groups in total. The molecule has 1 heteroatoms. The third-order valence-electron chi connectivity index (χ3n) is 16.6. The van der Waals surface area contributed by atoms with Crippen LogP contribution in [0.15, 0.2) is 261 Å². The predicted octanol–water partition coefficient (Wildman–Crippen LogP) is 19.4. The van der Waals surface area contributed by atoms with Crippen LogP contribution in [-0.4, -0.2) is 0 Å². The maximum atomic E-state index is 2.57. The van der Waals surface area contributed by atoms with E-state index in [2.05, 4.69) is 266 Å². The minimum Gasteiger partial charge on any atom is -0.310 e. The molecule has 0 radical (unpaired) electrons. The Bertz CT molecular complexity index is 3800. The molecule has 11 aromatic carbocycles. The van der Waals surface area contributed by atoms with E-state index in [1.54, 1.807) is 11.1 Å². The minimum atomic E-state index is 0.147. The Labute approximate surface area is 423 Å². The molecule has 0 saturated heterocycles. The van der Waals surface area contributed by atoms with Gasteiger partial charge in [-0.2, -0.15) is 0 Å². The SMILES string of the molecule is c1ccc(-c2ccccc2-c2ccccc2-c2ccccc2N(c2ccc(-c3ccc(-c4cccc5ccccc45)cc3)cc2)c2ccc(-c3ccc4c(c3)C3(CC5CCC3C5)c3ccccc3-4)cc2)cc1. The summed E-state index contributed by atoms with van der Waals surface area (Å²) in [5.41, 5.74) is 24.1. The van der Waals surface area contributed by atoms with Crippen LogP contribution in [0.4, 0.5) is 17.1 Å². The van der Waals surface area contributed by atoms with Gasteiger partial charge in [0, 0.05) is 22.4 Å². The molecule has 0 aromatic heterocycles. The first-order chi connectivity index (χ1) is 35.7. The molecule has 0 amide bonds. The van der Waals surface area contributed by atoms with E-state index in [0.29, 0.717) is 0 Å². The van der Waals surface area contributed by atoms with Gasteiger partial charge in [0.25, 0.3) is 0 Å². The van der Waals surface area contributed by atoms with E-state index in [-0.39, 0.29) is 5.41 Å². The van der Waals surface area contributed by atoms with E-state index >= 15 is 0 Å². The molecule has 3 unspecified atom stereocenters. The summed E-state index contributed by atoms with van der Waals surface area (Å²) in [6.45, 7) is 0. The van der Waals surface area contributed by atoms with Crippen molar-refractivity contribution >= 4 is 27.8 Å². The summed E-state index contributed by atoms with van der Waals surface area (Å²) in [7, 11) is 0. The number of benzene rings is 11. The molecular weight excluding hydrogens is 867 g/mol. The summed E-state index contributed by atoms with van der Waals surface area (Å²) in [6.07, 6.45) is 5.39. The fraction of sp³-hybridized carbons (Fsp3) is 0.0986. The van der Waals surface area contributed by atoms with Crippen molar-refractivity contribution in [2.24, 2.45) is 11.8 Å². The lowest BCUT2D eigenvalue weighted by molar-refractivity contribution is 0.327. The van der Waals surface area contributed by atoms with Crippen LogP contribution in [0.25, 0.3) is 88.7 Å². The highest BCUT2D eigenvalue weighted by Crippen LogP contribution is 2.66. The van der Waals surface area contributed by atoms with Crippen LogP contribution in [0, 0.1) is 11.8 Å². The molecule has 0 heterocycles. The second-order valence-corrected chi connectivity index (χ2v) is 20.4. The third kappa shape index (κ3) is 6.98. The van der Waals surface area contributed by atoms with Gasteiger partial charge < -0.3 is 4.90 Å². The average molecular weight is 920 g/mol. The van der Waals surface area contributed by atoms with E-state index in [0.717, 1.165) is 28.9 Å². The minimum absolute atomic E-state index is 0.147. The number of hydrogen-bond donors (Lipinski definition) is 0. The Morgan fingerprint density at radius 3 is 1.50 bits per heavy atom. The van der Waals surface area contributed by atoms with Crippen molar-refractivity contribution in [2.45, 2.75) is 31.1 Å². The van der Waals surface area contributed by atoms with Crippen molar-refractivity contribution < 1.29 is 0 Å². The van der Waals surface area contributed by atoms with Gasteiger partial charge in [-0.15, -0.1) is 0 Å². The van der Waals surface area contributed by atoms with Gasteiger partial charge in [-0.1, -0.05) is 231 Å². The maximum Gasteiger partial charge on any atom is 0.0540 e. The number of anilines is 3. The number of hydrogen-bond acceptors (Lipinski definition) is 1. The molecule has 2 fully saturated rings. The second kappa shape index (κ2) is 17.4. The van der Waals surface area contributed by atoms with Crippen molar-refractivity contribution in [1.82, 2.24) is 0 Å². The zero-order valence-electron chi connectivity index (χ0n) is 40.3. The fourth-order valence-electron chi connectivity index (χ4n) is 13.4. The Morgan fingerprint density at radius 2 is 0.806 bits per heavy atom. The highest BCUT2D eigenvalue weighted by atomic mass is 15.1. The summed E-state index contributed by atoms with van der Waals surface area (Å²) in [4.78, 5) is 2.45. The van der Waals surface area contributed by atoms with Crippen LogP contribution in [0.2, 0.25) is 0 Å². The summed E-state index contributed by atoms with van der Waals surface area (Å²) >= 11 is 0. The fourth-order valence-corrected chi connectivity index (χ4v) is 13.4. The van der Waals surface area contributed by atoms with Crippen molar-refractivity contribution in [3.05, 3.63) is 272 Å². The summed E-state index contributed by atoms with van der Waals surface area (Å²) in [5, 5.41) is 2.53. The number of rotatable bonds is 9. The smallest absolute Gasteiger partial charge is 0.0540 e. The summed E-state index contributed by atoms with van der Waals surface area (Å²) in [6, 6.07) is 96.9. The predicted molar refractivity (Wildman–Crippen MR) is 303 cm³/mol. The quantitative estimate of drug-likeness (QED) is 0.139. The zero-order chi connectivity index (χ0) is 47.6. The first kappa shape index (κ1) is 42.4. The van der Waals surface area contributed by atoms with Gasteiger partial charge in [-0.3, -0.25) is 0 Å². The van der Waals surface area contributed by atoms with Crippen molar-refractivity contribution in [3.8, 4) is 77.9 Å². The zero-order valence-corrected chi connectivity index (χ0v) is 40.3. The Morgan fingerprint density at radius 1 is 0.319 bits per heavy atom. The van der Waals surface area contributed by atoms with Crippen LogP contribution < -0.4 is 4.90 Å². The molecule has 342 valence electrons. The molecular formula is C71H53N. The van der Waals surface area contributed by atoms with Gasteiger partial charge in [-0.05, 0) is 162 Å². The number of para-hydroxylation sites is 1. The highest BCUT2D eigenvalue weighted by Gasteiger charge is 2.56. The molecule has 3 aliphatic rings. The van der Waals surface area contributed by atoms with E-state index < -0.39 is 0 Å². The molecule has 3 atom stereocenters. The van der Waals surface area contributed by atoms with Gasteiger partial charge in [0.2, 0.25) is 0 Å². The van der Waals surface area contributed by atoms with Crippen molar-refractivity contribution in [1.29, 1.82) is 0 Å². The van der Waals surface area contributed by atoms with Gasteiger partial charge in [0.1, 0.15) is 0 Å². The van der Waals surface area contributed by atoms with Crippen LogP contribution >= 0.6 is 0 Å². The van der Waals surface area contributed by atoms with Gasteiger partial charge in [0.05, 0.1) is 5.69 Å². The molecule has 1 nitrogen and oxygen atoms in total. The summed E-state index contributed by atoms with van der Waals surface area (Å²) in [5.74, 6) is 1.57. The van der Waals surface area contributed by atoms with Crippen molar-refractivity contribution in [3.63, 3.8) is 0 Å². The Kier molecular flexibility index (Phi) is 10.2. The maximum absolute atomic E-state index is 2.57. The van der Waals surface area contributed by atoms with Gasteiger partial charge >= 0.3 is 0 Å². The largest absolute Gasteiger partial charge is 0.310 e. The van der Waals surface area contributed by atoms with E-state index in [1.807, 2.05) is 0 Å². The molecule has 72 heavy (non-hydrogen) atoms. The lowest BCUT2D eigenvalue weighted by Gasteiger charge is -2.36. The van der Waals surface area contributed by atoms with E-state index in [4.69, 9.17) is 0 Å². The molecule has 3 aliphatic carbocycles. The highest BCUT2D eigenvalue weighted by molar-refractivity contribution is 5.99. The van der Waals surface area contributed by atoms with Crippen LogP contribution in [0.3, 0.4) is 0 Å². The Hall–Kier alpha value is -8.52. The number of fused-ring (bicyclic) bond motifs is 9. The van der Waals surface area contributed by atoms with Crippen LogP contribution in [0.5, 0.6) is 0 Å². The molecule has 1 spiro atoms.